The molecule has 180 valence electrons. The Hall–Kier alpha value is -2.60. The van der Waals surface area contributed by atoms with Crippen LogP contribution in [-0.4, -0.2) is 70.6 Å². The van der Waals surface area contributed by atoms with E-state index in [0.717, 1.165) is 36.0 Å². The fourth-order valence-electron chi connectivity index (χ4n) is 3.66. The van der Waals surface area contributed by atoms with Gasteiger partial charge in [-0.05, 0) is 19.9 Å². The fourth-order valence-corrected chi connectivity index (χ4v) is 5.47. The van der Waals surface area contributed by atoms with Crippen molar-refractivity contribution in [2.24, 2.45) is 0 Å². The number of rotatable bonds is 8. The molecular weight excluding hydrogens is 496 g/mol. The zero-order valence-corrected chi connectivity index (χ0v) is 21.3. The van der Waals surface area contributed by atoms with Gasteiger partial charge >= 0.3 is 5.97 Å². The molecule has 0 saturated carbocycles. The third kappa shape index (κ3) is 6.09. The number of hydrogen-bond acceptors (Lipinski definition) is 10. The molecule has 1 fully saturated rings. The summed E-state index contributed by atoms with van der Waals surface area (Å²) < 4.78 is 5.01. The van der Waals surface area contributed by atoms with Crippen molar-refractivity contribution in [3.63, 3.8) is 0 Å². The molecular formula is C22H25ClN6O3S2. The van der Waals surface area contributed by atoms with E-state index in [1.165, 1.54) is 28.9 Å². The number of carbonyl (C=O) groups is 2. The molecule has 9 nitrogen and oxygen atoms in total. The van der Waals surface area contributed by atoms with E-state index in [0.29, 0.717) is 29.7 Å². The SMILES string of the molecule is CCOC(=O)CCN1CCN(c2cnc(C(=O)Nc3nc(-c4cc(Cl)cs4)cs3)cn2)C[C@@H]1C. The molecule has 0 aromatic carbocycles. The molecule has 0 aliphatic carbocycles. The number of thiazole rings is 1. The predicted molar refractivity (Wildman–Crippen MR) is 135 cm³/mol. The number of carbonyl (C=O) groups excluding carboxylic acids is 2. The Kier molecular flexibility index (Phi) is 8.09. The van der Waals surface area contributed by atoms with E-state index >= 15 is 0 Å². The lowest BCUT2D eigenvalue weighted by Gasteiger charge is -2.40. The number of piperazine rings is 1. The molecule has 4 rings (SSSR count). The maximum Gasteiger partial charge on any atom is 0.307 e. The second kappa shape index (κ2) is 11.2. The molecule has 3 aromatic rings. The number of nitrogens with zero attached hydrogens (tertiary/aromatic N) is 5. The lowest BCUT2D eigenvalue weighted by atomic mass is 10.2. The number of anilines is 2. The van der Waals surface area contributed by atoms with E-state index < -0.39 is 0 Å². The predicted octanol–water partition coefficient (Wildman–Crippen LogP) is 4.03. The van der Waals surface area contributed by atoms with Gasteiger partial charge in [0.2, 0.25) is 0 Å². The molecule has 12 heteroatoms. The Bertz CT molecular complexity index is 1140. The van der Waals surface area contributed by atoms with Crippen molar-refractivity contribution in [2.75, 3.05) is 43.0 Å². The van der Waals surface area contributed by atoms with E-state index in [4.69, 9.17) is 16.3 Å². The van der Waals surface area contributed by atoms with Gasteiger partial charge in [-0.2, -0.15) is 0 Å². The molecule has 34 heavy (non-hydrogen) atoms. The van der Waals surface area contributed by atoms with Gasteiger partial charge < -0.3 is 9.64 Å². The summed E-state index contributed by atoms with van der Waals surface area (Å²) in [6.07, 6.45) is 3.50. The molecule has 0 bridgehead atoms. The first-order valence-corrected chi connectivity index (χ1v) is 13.0. The highest BCUT2D eigenvalue weighted by molar-refractivity contribution is 7.16. The number of ether oxygens (including phenoxy) is 1. The highest BCUT2D eigenvalue weighted by atomic mass is 35.5. The summed E-state index contributed by atoms with van der Waals surface area (Å²) in [4.78, 5) is 42.8. The normalized spacial score (nSPS) is 16.4. The van der Waals surface area contributed by atoms with Crippen LogP contribution in [0, 0.1) is 0 Å². The molecule has 0 unspecified atom stereocenters. The van der Waals surface area contributed by atoms with Crippen molar-refractivity contribution in [2.45, 2.75) is 26.3 Å². The van der Waals surface area contributed by atoms with E-state index in [1.807, 2.05) is 23.8 Å². The maximum atomic E-state index is 12.6. The standard InChI is InChI=1S/C22H25ClN6O3S2/c1-3-32-20(30)4-5-28-6-7-29(11-14(28)2)19-10-24-16(9-25-19)21(31)27-22-26-17(13-34-22)18-8-15(23)12-33-18/h8-10,12-14H,3-7,11H2,1-2H3,(H,26,27,31)/t14-/m0/s1. The summed E-state index contributed by atoms with van der Waals surface area (Å²) in [5.41, 5.74) is 0.995. The van der Waals surface area contributed by atoms with Crippen LogP contribution in [0.25, 0.3) is 10.6 Å². The third-order valence-electron chi connectivity index (χ3n) is 5.41. The molecule has 1 saturated heterocycles. The lowest BCUT2D eigenvalue weighted by molar-refractivity contribution is -0.143. The number of halogens is 1. The largest absolute Gasteiger partial charge is 0.466 e. The number of esters is 1. The minimum Gasteiger partial charge on any atom is -0.466 e. The van der Waals surface area contributed by atoms with Gasteiger partial charge in [-0.25, -0.2) is 15.0 Å². The van der Waals surface area contributed by atoms with Crippen LogP contribution in [0.1, 0.15) is 30.8 Å². The molecule has 4 heterocycles. The number of nitrogens with one attached hydrogen (secondary N) is 1. The Morgan fingerprint density at radius 3 is 2.76 bits per heavy atom. The van der Waals surface area contributed by atoms with Crippen LogP contribution in [0.2, 0.25) is 5.02 Å². The van der Waals surface area contributed by atoms with Crippen molar-refractivity contribution in [3.05, 3.63) is 39.9 Å². The summed E-state index contributed by atoms with van der Waals surface area (Å²) in [6.45, 7) is 7.36. The summed E-state index contributed by atoms with van der Waals surface area (Å²) in [7, 11) is 0. The van der Waals surface area contributed by atoms with Crippen molar-refractivity contribution in [3.8, 4) is 10.6 Å². The van der Waals surface area contributed by atoms with Crippen LogP contribution in [0.3, 0.4) is 0 Å². The minimum atomic E-state index is -0.360. The summed E-state index contributed by atoms with van der Waals surface area (Å²) in [5.74, 6) is 0.197. The Labute approximate surface area is 210 Å². The molecule has 1 aliphatic rings. The Balaban J connectivity index is 1.30. The molecule has 1 atom stereocenters. The zero-order chi connectivity index (χ0) is 24.1. The van der Waals surface area contributed by atoms with Gasteiger partial charge in [0.05, 0.1) is 41.0 Å². The molecule has 1 N–H and O–H groups in total. The molecule has 3 aromatic heterocycles. The first kappa shape index (κ1) is 24.5. The van der Waals surface area contributed by atoms with Crippen LogP contribution in [0.15, 0.2) is 29.2 Å². The van der Waals surface area contributed by atoms with Gasteiger partial charge in [0, 0.05) is 43.0 Å². The van der Waals surface area contributed by atoms with E-state index in [9.17, 15) is 9.59 Å². The van der Waals surface area contributed by atoms with Gasteiger partial charge in [-0.1, -0.05) is 11.6 Å². The third-order valence-corrected chi connectivity index (χ3v) is 7.47. The highest BCUT2D eigenvalue weighted by Crippen LogP contribution is 2.31. The molecule has 0 radical (unpaired) electrons. The number of amides is 1. The smallest absolute Gasteiger partial charge is 0.307 e. The van der Waals surface area contributed by atoms with Crippen molar-refractivity contribution in [1.82, 2.24) is 19.9 Å². The van der Waals surface area contributed by atoms with Crippen LogP contribution >= 0.6 is 34.3 Å². The first-order valence-electron chi connectivity index (χ1n) is 10.9. The summed E-state index contributed by atoms with van der Waals surface area (Å²) >= 11 is 8.82. The van der Waals surface area contributed by atoms with Gasteiger partial charge in [0.1, 0.15) is 11.5 Å². The average Bonchev–Trinajstić information content (AvgIpc) is 3.47. The maximum absolute atomic E-state index is 12.6. The van der Waals surface area contributed by atoms with E-state index in [1.54, 1.807) is 6.20 Å². The van der Waals surface area contributed by atoms with Crippen LogP contribution in [-0.2, 0) is 9.53 Å². The molecule has 1 amide bonds. The number of thiophene rings is 1. The summed E-state index contributed by atoms with van der Waals surface area (Å²) in [5, 5.41) is 7.65. The first-order chi connectivity index (χ1) is 16.4. The number of hydrogen-bond donors (Lipinski definition) is 1. The van der Waals surface area contributed by atoms with Gasteiger partial charge in [0.25, 0.3) is 5.91 Å². The quantitative estimate of drug-likeness (QED) is 0.444. The summed E-state index contributed by atoms with van der Waals surface area (Å²) in [6, 6.07) is 2.10. The molecule has 1 aliphatic heterocycles. The van der Waals surface area contributed by atoms with Gasteiger partial charge in [0.15, 0.2) is 5.13 Å². The Morgan fingerprint density at radius 1 is 1.24 bits per heavy atom. The van der Waals surface area contributed by atoms with Crippen molar-refractivity contribution >= 4 is 57.1 Å². The van der Waals surface area contributed by atoms with Gasteiger partial charge in [-0.15, -0.1) is 22.7 Å². The van der Waals surface area contributed by atoms with Crippen molar-refractivity contribution in [1.29, 1.82) is 0 Å². The second-order valence-corrected chi connectivity index (χ2v) is 9.97. The average molecular weight is 521 g/mol. The van der Waals surface area contributed by atoms with Crippen molar-refractivity contribution < 1.29 is 14.3 Å². The van der Waals surface area contributed by atoms with E-state index in [-0.39, 0.29) is 23.6 Å². The van der Waals surface area contributed by atoms with Crippen LogP contribution in [0.5, 0.6) is 0 Å². The fraction of sp³-hybridized carbons (Fsp3) is 0.409. The molecule has 0 spiro atoms. The highest BCUT2D eigenvalue weighted by Gasteiger charge is 2.25. The van der Waals surface area contributed by atoms with E-state index in [2.05, 4.69) is 37.0 Å². The van der Waals surface area contributed by atoms with Gasteiger partial charge in [-0.3, -0.25) is 19.8 Å². The topological polar surface area (TPSA) is 101 Å². The zero-order valence-electron chi connectivity index (χ0n) is 18.9. The van der Waals surface area contributed by atoms with Crippen LogP contribution < -0.4 is 10.2 Å². The Morgan fingerprint density at radius 2 is 2.09 bits per heavy atom. The number of aromatic nitrogens is 3. The second-order valence-electron chi connectivity index (χ2n) is 7.77. The minimum absolute atomic E-state index is 0.165. The lowest BCUT2D eigenvalue weighted by Crippen LogP contribution is -2.52. The van der Waals surface area contributed by atoms with Crippen LogP contribution in [0.4, 0.5) is 10.9 Å². The monoisotopic (exact) mass is 520 g/mol.